The predicted molar refractivity (Wildman–Crippen MR) is 44.9 cm³/mol. The molecule has 0 saturated heterocycles. The van der Waals surface area contributed by atoms with Crippen LogP contribution in [0.1, 0.15) is 17.9 Å². The van der Waals surface area contributed by atoms with Crippen molar-refractivity contribution in [1.82, 2.24) is 0 Å². The van der Waals surface area contributed by atoms with Crippen molar-refractivity contribution in [1.29, 1.82) is 0 Å². The molecule has 2 rings (SSSR count). The standard InChI is InChI=1S/C10H9FO2/c11-7-3-1-2-6(4-7)8-5-9(8)10(12)13/h1-4,8-9H,5H2,(H,12,13)/t8-,9-/m1/s1. The fraction of sp³-hybridized carbons (Fsp3) is 0.300. The molecule has 1 saturated carbocycles. The van der Waals surface area contributed by atoms with Gasteiger partial charge in [-0.15, -0.1) is 0 Å². The average Bonchev–Trinajstić information content (AvgIpc) is 2.82. The fourth-order valence-electron chi connectivity index (χ4n) is 1.57. The highest BCUT2D eigenvalue weighted by Gasteiger charge is 2.44. The highest BCUT2D eigenvalue weighted by molar-refractivity contribution is 5.75. The molecule has 1 N–H and O–H groups in total. The van der Waals surface area contributed by atoms with Gasteiger partial charge in [0.05, 0.1) is 5.92 Å². The van der Waals surface area contributed by atoms with Gasteiger partial charge in [-0.05, 0) is 30.0 Å². The van der Waals surface area contributed by atoms with Crippen LogP contribution in [0.4, 0.5) is 4.39 Å². The van der Waals surface area contributed by atoms with Crippen LogP contribution in [0.5, 0.6) is 0 Å². The predicted octanol–water partition coefficient (Wildman–Crippen LogP) is 2.01. The van der Waals surface area contributed by atoms with Gasteiger partial charge in [0.15, 0.2) is 0 Å². The van der Waals surface area contributed by atoms with E-state index in [0.717, 1.165) is 5.56 Å². The molecule has 0 amide bonds. The number of hydrogen-bond acceptors (Lipinski definition) is 1. The normalized spacial score (nSPS) is 25.6. The van der Waals surface area contributed by atoms with Crippen LogP contribution in [-0.4, -0.2) is 11.1 Å². The Balaban J connectivity index is 2.16. The first-order chi connectivity index (χ1) is 6.18. The summed E-state index contributed by atoms with van der Waals surface area (Å²) in [4.78, 5) is 10.5. The quantitative estimate of drug-likeness (QED) is 0.755. The lowest BCUT2D eigenvalue weighted by atomic mass is 10.1. The molecule has 0 radical (unpaired) electrons. The summed E-state index contributed by atoms with van der Waals surface area (Å²) in [6.07, 6.45) is 0.638. The molecule has 1 aromatic carbocycles. The molecular formula is C10H9FO2. The second-order valence-electron chi connectivity index (χ2n) is 3.34. The molecule has 1 fully saturated rings. The van der Waals surface area contributed by atoms with Crippen molar-refractivity contribution in [2.45, 2.75) is 12.3 Å². The van der Waals surface area contributed by atoms with Gasteiger partial charge in [-0.2, -0.15) is 0 Å². The van der Waals surface area contributed by atoms with Gasteiger partial charge in [-0.3, -0.25) is 4.79 Å². The van der Waals surface area contributed by atoms with Crippen LogP contribution in [0.3, 0.4) is 0 Å². The SMILES string of the molecule is O=C(O)[C@@H]1C[C@@H]1c1cccc(F)c1. The molecule has 0 aromatic heterocycles. The molecule has 0 heterocycles. The van der Waals surface area contributed by atoms with Crippen molar-refractivity contribution in [3.8, 4) is 0 Å². The van der Waals surface area contributed by atoms with Crippen LogP contribution < -0.4 is 0 Å². The number of benzene rings is 1. The third kappa shape index (κ3) is 1.54. The van der Waals surface area contributed by atoms with Crippen molar-refractivity contribution in [2.24, 2.45) is 5.92 Å². The van der Waals surface area contributed by atoms with Crippen molar-refractivity contribution >= 4 is 5.97 Å². The Hall–Kier alpha value is -1.38. The zero-order chi connectivity index (χ0) is 9.42. The largest absolute Gasteiger partial charge is 0.481 e. The van der Waals surface area contributed by atoms with Crippen molar-refractivity contribution in [3.05, 3.63) is 35.6 Å². The van der Waals surface area contributed by atoms with Crippen molar-refractivity contribution in [3.63, 3.8) is 0 Å². The summed E-state index contributed by atoms with van der Waals surface area (Å²) in [5.74, 6) is -1.36. The number of carboxylic acid groups (broad SMARTS) is 1. The van der Waals surface area contributed by atoms with Crippen molar-refractivity contribution < 1.29 is 14.3 Å². The number of hydrogen-bond donors (Lipinski definition) is 1. The summed E-state index contributed by atoms with van der Waals surface area (Å²) in [7, 11) is 0. The molecule has 0 unspecified atom stereocenters. The van der Waals surface area contributed by atoms with Crippen LogP contribution >= 0.6 is 0 Å². The summed E-state index contributed by atoms with van der Waals surface area (Å²) in [5, 5.41) is 8.66. The molecule has 2 nitrogen and oxygen atoms in total. The Morgan fingerprint density at radius 2 is 2.31 bits per heavy atom. The highest BCUT2D eigenvalue weighted by Crippen LogP contribution is 2.47. The van der Waals surface area contributed by atoms with Gasteiger partial charge in [-0.1, -0.05) is 12.1 Å². The van der Waals surface area contributed by atoms with E-state index in [1.54, 1.807) is 12.1 Å². The Labute approximate surface area is 75.0 Å². The van der Waals surface area contributed by atoms with Gasteiger partial charge >= 0.3 is 5.97 Å². The lowest BCUT2D eigenvalue weighted by molar-refractivity contribution is -0.138. The molecule has 0 bridgehead atoms. The average molecular weight is 180 g/mol. The Kier molecular flexibility index (Phi) is 1.79. The maximum Gasteiger partial charge on any atom is 0.307 e. The number of halogens is 1. The third-order valence-corrected chi connectivity index (χ3v) is 2.38. The molecule has 2 atom stereocenters. The van der Waals surface area contributed by atoms with E-state index in [0.29, 0.717) is 6.42 Å². The Bertz CT molecular complexity index is 349. The third-order valence-electron chi connectivity index (χ3n) is 2.38. The van der Waals surface area contributed by atoms with E-state index >= 15 is 0 Å². The zero-order valence-electron chi connectivity index (χ0n) is 6.90. The summed E-state index contributed by atoms with van der Waals surface area (Å²) >= 11 is 0. The fourth-order valence-corrected chi connectivity index (χ4v) is 1.57. The number of aliphatic carboxylic acids is 1. The van der Waals surface area contributed by atoms with Gasteiger partial charge < -0.3 is 5.11 Å². The van der Waals surface area contributed by atoms with Gasteiger partial charge in [0, 0.05) is 0 Å². The van der Waals surface area contributed by atoms with E-state index in [4.69, 9.17) is 5.11 Å². The molecule has 1 aliphatic carbocycles. The summed E-state index contributed by atoms with van der Waals surface area (Å²) in [6, 6.07) is 6.16. The van der Waals surface area contributed by atoms with E-state index in [1.807, 2.05) is 0 Å². The van der Waals surface area contributed by atoms with Gasteiger partial charge in [-0.25, -0.2) is 4.39 Å². The molecule has 3 heteroatoms. The van der Waals surface area contributed by atoms with E-state index < -0.39 is 5.97 Å². The summed E-state index contributed by atoms with van der Waals surface area (Å²) in [5.41, 5.74) is 0.799. The topological polar surface area (TPSA) is 37.3 Å². The smallest absolute Gasteiger partial charge is 0.307 e. The van der Waals surface area contributed by atoms with Crippen LogP contribution in [0, 0.1) is 11.7 Å². The van der Waals surface area contributed by atoms with E-state index in [-0.39, 0.29) is 17.7 Å². The van der Waals surface area contributed by atoms with Crippen LogP contribution in [0.15, 0.2) is 24.3 Å². The monoisotopic (exact) mass is 180 g/mol. The van der Waals surface area contributed by atoms with Crippen molar-refractivity contribution in [2.75, 3.05) is 0 Å². The maximum atomic E-state index is 12.7. The Morgan fingerprint density at radius 3 is 2.85 bits per heavy atom. The van der Waals surface area contributed by atoms with E-state index in [1.165, 1.54) is 12.1 Å². The minimum atomic E-state index is -0.783. The number of rotatable bonds is 2. The molecular weight excluding hydrogens is 171 g/mol. The van der Waals surface area contributed by atoms with E-state index in [9.17, 15) is 9.18 Å². The second-order valence-corrected chi connectivity index (χ2v) is 3.34. The summed E-state index contributed by atoms with van der Waals surface area (Å²) in [6.45, 7) is 0. The van der Waals surface area contributed by atoms with E-state index in [2.05, 4.69) is 0 Å². The minimum absolute atomic E-state index is 0.0215. The lowest BCUT2D eigenvalue weighted by Gasteiger charge is -1.97. The number of carboxylic acids is 1. The Morgan fingerprint density at radius 1 is 1.54 bits per heavy atom. The zero-order valence-corrected chi connectivity index (χ0v) is 6.90. The maximum absolute atomic E-state index is 12.7. The van der Waals surface area contributed by atoms with Gasteiger partial charge in [0.2, 0.25) is 0 Å². The lowest BCUT2D eigenvalue weighted by Crippen LogP contribution is -1.98. The summed E-state index contributed by atoms with van der Waals surface area (Å²) < 4.78 is 12.7. The van der Waals surface area contributed by atoms with Gasteiger partial charge in [0.25, 0.3) is 0 Å². The first-order valence-electron chi connectivity index (χ1n) is 4.17. The molecule has 0 aliphatic heterocycles. The minimum Gasteiger partial charge on any atom is -0.481 e. The first-order valence-corrected chi connectivity index (χ1v) is 4.17. The van der Waals surface area contributed by atoms with Gasteiger partial charge in [0.1, 0.15) is 5.82 Å². The molecule has 13 heavy (non-hydrogen) atoms. The van der Waals surface area contributed by atoms with Crippen LogP contribution in [0.25, 0.3) is 0 Å². The second kappa shape index (κ2) is 2.83. The van der Waals surface area contributed by atoms with Crippen LogP contribution in [-0.2, 0) is 4.79 Å². The molecule has 1 aliphatic rings. The highest BCUT2D eigenvalue weighted by atomic mass is 19.1. The first kappa shape index (κ1) is 8.23. The van der Waals surface area contributed by atoms with Crippen LogP contribution in [0.2, 0.25) is 0 Å². The molecule has 1 aromatic rings. The molecule has 0 spiro atoms. The number of carbonyl (C=O) groups is 1. The molecule has 68 valence electrons.